The van der Waals surface area contributed by atoms with Gasteiger partial charge in [-0.2, -0.15) is 0 Å². The number of nitrogens with one attached hydrogen (secondary N) is 1. The molecule has 0 radical (unpaired) electrons. The van der Waals surface area contributed by atoms with Crippen molar-refractivity contribution in [2.75, 3.05) is 37.7 Å². The predicted molar refractivity (Wildman–Crippen MR) is 123 cm³/mol. The second-order valence-electron chi connectivity index (χ2n) is 9.42. The van der Waals surface area contributed by atoms with E-state index in [0.29, 0.717) is 18.2 Å². The fraction of sp³-hybridized carbons (Fsp3) is 0.462. The largest absolute Gasteiger partial charge is 0.373 e. The maximum Gasteiger partial charge on any atom is 0.328 e. The first-order valence-corrected chi connectivity index (χ1v) is 11.8. The highest BCUT2D eigenvalue weighted by Crippen LogP contribution is 2.35. The third-order valence-electron chi connectivity index (χ3n) is 7.27. The summed E-state index contributed by atoms with van der Waals surface area (Å²) in [4.78, 5) is 29.3. The summed E-state index contributed by atoms with van der Waals surface area (Å²) in [6, 6.07) is 15.4. The van der Waals surface area contributed by atoms with Gasteiger partial charge in [-0.05, 0) is 74.0 Å². The number of likely N-dealkylation sites (tertiary alicyclic amines) is 1. The van der Waals surface area contributed by atoms with Gasteiger partial charge in [-0.1, -0.05) is 30.3 Å². The highest BCUT2D eigenvalue weighted by molar-refractivity contribution is 6.16. The minimum Gasteiger partial charge on any atom is -0.373 e. The molecule has 2 aromatic carbocycles. The molecule has 3 unspecified atom stereocenters. The number of nitrogens with zero attached hydrogens (tertiary/aromatic N) is 2. The molecule has 0 spiro atoms. The van der Waals surface area contributed by atoms with Crippen LogP contribution in [0.5, 0.6) is 0 Å². The number of urea groups is 1. The van der Waals surface area contributed by atoms with E-state index in [-0.39, 0.29) is 35.7 Å². The number of hydrogen-bond donors (Lipinski definition) is 1. The number of piperidine rings is 1. The zero-order chi connectivity index (χ0) is 22.8. The summed E-state index contributed by atoms with van der Waals surface area (Å²) in [5, 5.41) is 2.91. The molecule has 7 heteroatoms. The number of amides is 3. The van der Waals surface area contributed by atoms with E-state index < -0.39 is 0 Å². The summed E-state index contributed by atoms with van der Waals surface area (Å²) in [6.45, 7) is 4.02. The SMILES string of the molecule is O=C1NCC(C2CCN(CC3COC(c4ccc(F)cc4)C3)CC2)C(=O)N1c1ccccc1. The molecule has 1 N–H and O–H groups in total. The number of imide groups is 1. The molecule has 3 amide bonds. The molecular weight excluding hydrogens is 421 g/mol. The van der Waals surface area contributed by atoms with E-state index in [1.165, 1.54) is 17.0 Å². The van der Waals surface area contributed by atoms with Gasteiger partial charge < -0.3 is 15.0 Å². The van der Waals surface area contributed by atoms with Crippen LogP contribution in [0.25, 0.3) is 0 Å². The first-order valence-electron chi connectivity index (χ1n) is 11.8. The topological polar surface area (TPSA) is 61.9 Å². The van der Waals surface area contributed by atoms with Gasteiger partial charge in [0.25, 0.3) is 0 Å². The van der Waals surface area contributed by atoms with Crippen molar-refractivity contribution in [2.24, 2.45) is 17.8 Å². The number of rotatable bonds is 5. The lowest BCUT2D eigenvalue weighted by molar-refractivity contribution is -0.124. The normalized spacial score (nSPS) is 27.1. The van der Waals surface area contributed by atoms with Gasteiger partial charge in [-0.3, -0.25) is 4.79 Å². The monoisotopic (exact) mass is 451 g/mol. The molecule has 3 saturated heterocycles. The van der Waals surface area contributed by atoms with Crippen molar-refractivity contribution in [3.05, 3.63) is 66.0 Å². The first-order chi connectivity index (χ1) is 16.1. The molecule has 3 heterocycles. The van der Waals surface area contributed by atoms with Crippen LogP contribution in [-0.2, 0) is 9.53 Å². The molecule has 3 aliphatic rings. The summed E-state index contributed by atoms with van der Waals surface area (Å²) < 4.78 is 19.2. The van der Waals surface area contributed by atoms with Gasteiger partial charge in [0.2, 0.25) is 5.91 Å². The number of ether oxygens (including phenoxy) is 1. The molecule has 6 nitrogen and oxygen atoms in total. The second kappa shape index (κ2) is 9.61. The minimum absolute atomic E-state index is 0.0422. The van der Waals surface area contributed by atoms with Crippen molar-refractivity contribution in [3.63, 3.8) is 0 Å². The van der Waals surface area contributed by atoms with Crippen LogP contribution in [0.3, 0.4) is 0 Å². The fourth-order valence-electron chi connectivity index (χ4n) is 5.45. The Morgan fingerprint density at radius 1 is 1.00 bits per heavy atom. The average molecular weight is 452 g/mol. The van der Waals surface area contributed by atoms with Gasteiger partial charge in [-0.15, -0.1) is 0 Å². The summed E-state index contributed by atoms with van der Waals surface area (Å²) in [5.74, 6) is 0.240. The van der Waals surface area contributed by atoms with Crippen LogP contribution < -0.4 is 10.2 Å². The van der Waals surface area contributed by atoms with Crippen LogP contribution in [0.4, 0.5) is 14.9 Å². The van der Waals surface area contributed by atoms with Crippen molar-refractivity contribution >= 4 is 17.6 Å². The van der Waals surface area contributed by atoms with E-state index in [0.717, 1.165) is 51.1 Å². The maximum atomic E-state index is 13.2. The average Bonchev–Trinajstić information content (AvgIpc) is 3.29. The number of benzene rings is 2. The zero-order valence-electron chi connectivity index (χ0n) is 18.7. The quantitative estimate of drug-likeness (QED) is 0.747. The second-order valence-corrected chi connectivity index (χ2v) is 9.42. The van der Waals surface area contributed by atoms with E-state index in [1.54, 1.807) is 12.1 Å². The zero-order valence-corrected chi connectivity index (χ0v) is 18.7. The lowest BCUT2D eigenvalue weighted by Crippen LogP contribution is -2.57. The summed E-state index contributed by atoms with van der Waals surface area (Å²) in [6.07, 6.45) is 2.89. The van der Waals surface area contributed by atoms with Crippen LogP contribution >= 0.6 is 0 Å². The van der Waals surface area contributed by atoms with E-state index in [9.17, 15) is 14.0 Å². The molecule has 3 aliphatic heterocycles. The van der Waals surface area contributed by atoms with Crippen molar-refractivity contribution in [1.29, 1.82) is 0 Å². The van der Waals surface area contributed by atoms with Crippen LogP contribution in [0, 0.1) is 23.6 Å². The van der Waals surface area contributed by atoms with Crippen LogP contribution in [-0.4, -0.2) is 49.6 Å². The molecule has 0 aromatic heterocycles. The molecule has 3 atom stereocenters. The van der Waals surface area contributed by atoms with Crippen molar-refractivity contribution in [3.8, 4) is 0 Å². The number of anilines is 1. The maximum absolute atomic E-state index is 13.2. The van der Waals surface area contributed by atoms with Gasteiger partial charge in [0, 0.05) is 13.1 Å². The fourth-order valence-corrected chi connectivity index (χ4v) is 5.45. The Balaban J connectivity index is 1.13. The predicted octanol–water partition coefficient (Wildman–Crippen LogP) is 3.99. The summed E-state index contributed by atoms with van der Waals surface area (Å²) >= 11 is 0. The van der Waals surface area contributed by atoms with E-state index in [1.807, 2.05) is 30.3 Å². The van der Waals surface area contributed by atoms with Gasteiger partial charge in [-0.25, -0.2) is 14.1 Å². The summed E-state index contributed by atoms with van der Waals surface area (Å²) in [5.41, 5.74) is 1.66. The van der Waals surface area contributed by atoms with Crippen molar-refractivity contribution < 1.29 is 18.7 Å². The van der Waals surface area contributed by atoms with Gasteiger partial charge in [0.1, 0.15) is 5.82 Å². The van der Waals surface area contributed by atoms with Gasteiger partial charge >= 0.3 is 6.03 Å². The molecule has 2 aromatic rings. The Morgan fingerprint density at radius 3 is 2.45 bits per heavy atom. The minimum atomic E-state index is -0.336. The molecule has 174 valence electrons. The number of para-hydroxylation sites is 1. The molecule has 3 fully saturated rings. The Hall–Kier alpha value is -2.77. The standard InChI is InChI=1S/C26H30FN3O3/c27-21-8-6-20(7-9-21)24-14-18(17-33-24)16-29-12-10-19(11-13-29)23-15-28-26(32)30(25(23)31)22-4-2-1-3-5-22/h1-9,18-19,23-24H,10-17H2,(H,28,32). The number of carbonyl (C=O) groups excluding carboxylic acids is 2. The van der Waals surface area contributed by atoms with E-state index in [2.05, 4.69) is 10.2 Å². The molecular formula is C26H30FN3O3. The highest BCUT2D eigenvalue weighted by Gasteiger charge is 2.40. The Bertz CT molecular complexity index is 976. The molecule has 0 aliphatic carbocycles. The van der Waals surface area contributed by atoms with Crippen molar-refractivity contribution in [2.45, 2.75) is 25.4 Å². The lowest BCUT2D eigenvalue weighted by Gasteiger charge is -2.40. The van der Waals surface area contributed by atoms with Crippen LogP contribution in [0.15, 0.2) is 54.6 Å². The summed E-state index contributed by atoms with van der Waals surface area (Å²) in [7, 11) is 0. The smallest absolute Gasteiger partial charge is 0.328 e. The first kappa shape index (κ1) is 22.0. The highest BCUT2D eigenvalue weighted by atomic mass is 19.1. The number of hydrogen-bond acceptors (Lipinski definition) is 4. The van der Waals surface area contributed by atoms with E-state index in [4.69, 9.17) is 4.74 Å². The van der Waals surface area contributed by atoms with Gasteiger partial charge in [0.15, 0.2) is 0 Å². The van der Waals surface area contributed by atoms with Crippen LogP contribution in [0.2, 0.25) is 0 Å². The molecule has 0 bridgehead atoms. The number of halogens is 1. The Morgan fingerprint density at radius 2 is 1.73 bits per heavy atom. The Labute approximate surface area is 193 Å². The molecule has 33 heavy (non-hydrogen) atoms. The van der Waals surface area contributed by atoms with E-state index >= 15 is 0 Å². The molecule has 5 rings (SSSR count). The third-order valence-corrected chi connectivity index (χ3v) is 7.27. The third kappa shape index (κ3) is 4.80. The van der Waals surface area contributed by atoms with Crippen LogP contribution in [0.1, 0.15) is 30.9 Å². The number of carbonyl (C=O) groups is 2. The molecule has 0 saturated carbocycles. The Kier molecular flexibility index (Phi) is 6.42. The lowest BCUT2D eigenvalue weighted by atomic mass is 9.82. The van der Waals surface area contributed by atoms with Crippen molar-refractivity contribution in [1.82, 2.24) is 10.2 Å². The van der Waals surface area contributed by atoms with Gasteiger partial charge in [0.05, 0.1) is 24.3 Å².